The highest BCUT2D eigenvalue weighted by Crippen LogP contribution is 2.03. The lowest BCUT2D eigenvalue weighted by atomic mass is 10.1. The number of aromatic nitrogens is 2. The van der Waals surface area contributed by atoms with Crippen molar-refractivity contribution in [3.05, 3.63) is 18.2 Å². The standard InChI is InChI=1S/C12H23N3O/c1-10(2)8-11(16)9-13-5-4-12-14-6-7-15(12)3/h6-7,10-11,13,16H,4-5,8-9H2,1-3H3. The first-order valence-electron chi connectivity index (χ1n) is 5.94. The van der Waals surface area contributed by atoms with Gasteiger partial charge in [-0.2, -0.15) is 0 Å². The molecule has 4 heteroatoms. The van der Waals surface area contributed by atoms with Crippen molar-refractivity contribution < 1.29 is 5.11 Å². The van der Waals surface area contributed by atoms with E-state index in [0.717, 1.165) is 25.2 Å². The molecule has 1 unspecified atom stereocenters. The zero-order valence-corrected chi connectivity index (χ0v) is 10.5. The largest absolute Gasteiger partial charge is 0.392 e. The first-order chi connectivity index (χ1) is 7.59. The molecule has 0 saturated carbocycles. The third-order valence-corrected chi connectivity index (χ3v) is 2.57. The van der Waals surface area contributed by atoms with E-state index in [1.165, 1.54) is 0 Å². The van der Waals surface area contributed by atoms with E-state index in [0.29, 0.717) is 12.5 Å². The van der Waals surface area contributed by atoms with Gasteiger partial charge in [0.15, 0.2) is 0 Å². The van der Waals surface area contributed by atoms with Crippen LogP contribution in [0.1, 0.15) is 26.1 Å². The summed E-state index contributed by atoms with van der Waals surface area (Å²) >= 11 is 0. The highest BCUT2D eigenvalue weighted by Gasteiger charge is 2.06. The van der Waals surface area contributed by atoms with E-state index >= 15 is 0 Å². The van der Waals surface area contributed by atoms with Crippen molar-refractivity contribution in [2.24, 2.45) is 13.0 Å². The van der Waals surface area contributed by atoms with Crippen molar-refractivity contribution in [1.82, 2.24) is 14.9 Å². The first-order valence-corrected chi connectivity index (χ1v) is 5.94. The van der Waals surface area contributed by atoms with E-state index in [4.69, 9.17) is 0 Å². The molecule has 0 aliphatic rings. The van der Waals surface area contributed by atoms with Crippen LogP contribution in [0.5, 0.6) is 0 Å². The Kier molecular flexibility index (Phi) is 5.49. The monoisotopic (exact) mass is 225 g/mol. The molecule has 1 aromatic rings. The minimum Gasteiger partial charge on any atom is -0.392 e. The maximum atomic E-state index is 9.65. The molecule has 0 aliphatic heterocycles. The van der Waals surface area contributed by atoms with Gasteiger partial charge in [0.1, 0.15) is 5.82 Å². The van der Waals surface area contributed by atoms with Crippen LogP contribution in [0.4, 0.5) is 0 Å². The molecule has 1 atom stereocenters. The second-order valence-electron chi connectivity index (χ2n) is 4.69. The normalized spacial score (nSPS) is 13.3. The lowest BCUT2D eigenvalue weighted by molar-refractivity contribution is 0.146. The van der Waals surface area contributed by atoms with Gasteiger partial charge >= 0.3 is 0 Å². The van der Waals surface area contributed by atoms with Crippen LogP contribution in [-0.2, 0) is 13.5 Å². The highest BCUT2D eigenvalue weighted by molar-refractivity contribution is 4.91. The third kappa shape index (κ3) is 4.77. The fourth-order valence-corrected chi connectivity index (χ4v) is 1.73. The van der Waals surface area contributed by atoms with Gasteiger partial charge in [0.2, 0.25) is 0 Å². The molecule has 1 rings (SSSR count). The fraction of sp³-hybridized carbons (Fsp3) is 0.750. The molecule has 0 aliphatic carbocycles. The molecule has 2 N–H and O–H groups in total. The second kappa shape index (κ2) is 6.66. The molecule has 92 valence electrons. The molecular formula is C12H23N3O. The Morgan fingerprint density at radius 1 is 1.50 bits per heavy atom. The molecule has 16 heavy (non-hydrogen) atoms. The first kappa shape index (κ1) is 13.2. The number of nitrogens with one attached hydrogen (secondary N) is 1. The smallest absolute Gasteiger partial charge is 0.109 e. The van der Waals surface area contributed by atoms with Crippen molar-refractivity contribution in [3.63, 3.8) is 0 Å². The molecule has 1 heterocycles. The zero-order valence-electron chi connectivity index (χ0n) is 10.5. The maximum absolute atomic E-state index is 9.65. The van der Waals surface area contributed by atoms with Gasteiger partial charge in [0, 0.05) is 39.0 Å². The second-order valence-corrected chi connectivity index (χ2v) is 4.69. The summed E-state index contributed by atoms with van der Waals surface area (Å²) in [5.41, 5.74) is 0. The van der Waals surface area contributed by atoms with E-state index in [1.807, 2.05) is 24.0 Å². The highest BCUT2D eigenvalue weighted by atomic mass is 16.3. The number of aliphatic hydroxyl groups is 1. The summed E-state index contributed by atoms with van der Waals surface area (Å²) in [6, 6.07) is 0. The van der Waals surface area contributed by atoms with E-state index in [2.05, 4.69) is 24.1 Å². The molecule has 0 fully saturated rings. The van der Waals surface area contributed by atoms with Gasteiger partial charge in [0.25, 0.3) is 0 Å². The molecule has 4 nitrogen and oxygen atoms in total. The average Bonchev–Trinajstić information content (AvgIpc) is 2.58. The lowest BCUT2D eigenvalue weighted by Crippen LogP contribution is -2.29. The van der Waals surface area contributed by atoms with Crippen LogP contribution in [0.2, 0.25) is 0 Å². The number of imidazole rings is 1. The Morgan fingerprint density at radius 2 is 2.25 bits per heavy atom. The number of hydrogen-bond acceptors (Lipinski definition) is 3. The Hall–Kier alpha value is -0.870. The summed E-state index contributed by atoms with van der Waals surface area (Å²) in [5, 5.41) is 12.9. The minimum absolute atomic E-state index is 0.235. The van der Waals surface area contributed by atoms with E-state index in [9.17, 15) is 5.11 Å². The summed E-state index contributed by atoms with van der Waals surface area (Å²) in [6.07, 6.45) is 5.28. The molecule has 0 radical (unpaired) electrons. The SMILES string of the molecule is CC(C)CC(O)CNCCc1nccn1C. The van der Waals surface area contributed by atoms with Gasteiger partial charge in [-0.3, -0.25) is 0 Å². The summed E-state index contributed by atoms with van der Waals surface area (Å²) in [5.74, 6) is 1.62. The summed E-state index contributed by atoms with van der Waals surface area (Å²) in [6.45, 7) is 5.77. The number of aryl methyl sites for hydroxylation is 1. The number of nitrogens with zero attached hydrogens (tertiary/aromatic N) is 2. The summed E-state index contributed by atoms with van der Waals surface area (Å²) < 4.78 is 2.02. The van der Waals surface area contributed by atoms with Crippen molar-refractivity contribution in [1.29, 1.82) is 0 Å². The molecule has 0 spiro atoms. The Morgan fingerprint density at radius 3 is 2.81 bits per heavy atom. The van der Waals surface area contributed by atoms with Crippen LogP contribution in [0.3, 0.4) is 0 Å². The van der Waals surface area contributed by atoms with Gasteiger partial charge in [-0.1, -0.05) is 13.8 Å². The quantitative estimate of drug-likeness (QED) is 0.680. The molecule has 0 bridgehead atoms. The summed E-state index contributed by atoms with van der Waals surface area (Å²) in [4.78, 5) is 4.24. The third-order valence-electron chi connectivity index (χ3n) is 2.57. The summed E-state index contributed by atoms with van der Waals surface area (Å²) in [7, 11) is 2.00. The van der Waals surface area contributed by atoms with Gasteiger partial charge in [0.05, 0.1) is 6.10 Å². The zero-order chi connectivity index (χ0) is 12.0. The number of rotatable bonds is 7. The van der Waals surface area contributed by atoms with Crippen LogP contribution < -0.4 is 5.32 Å². The van der Waals surface area contributed by atoms with Gasteiger partial charge in [-0.15, -0.1) is 0 Å². The van der Waals surface area contributed by atoms with Crippen LogP contribution in [0, 0.1) is 5.92 Å². The average molecular weight is 225 g/mol. The van der Waals surface area contributed by atoms with Gasteiger partial charge < -0.3 is 15.0 Å². The van der Waals surface area contributed by atoms with Gasteiger partial charge in [-0.25, -0.2) is 4.98 Å². The maximum Gasteiger partial charge on any atom is 0.109 e. The van der Waals surface area contributed by atoms with Gasteiger partial charge in [-0.05, 0) is 12.3 Å². The molecule has 0 aromatic carbocycles. The lowest BCUT2D eigenvalue weighted by Gasteiger charge is -2.13. The minimum atomic E-state index is -0.235. The number of hydrogen-bond donors (Lipinski definition) is 2. The predicted octanol–water partition coefficient (Wildman–Crippen LogP) is 0.959. The van der Waals surface area contributed by atoms with Crippen LogP contribution in [0.25, 0.3) is 0 Å². The molecule has 0 saturated heterocycles. The van der Waals surface area contributed by atoms with Crippen molar-refractivity contribution in [2.45, 2.75) is 32.8 Å². The Labute approximate surface area is 97.7 Å². The molecular weight excluding hydrogens is 202 g/mol. The number of aliphatic hydroxyl groups excluding tert-OH is 1. The Bertz CT molecular complexity index is 296. The van der Waals surface area contributed by atoms with Crippen molar-refractivity contribution in [3.8, 4) is 0 Å². The van der Waals surface area contributed by atoms with Crippen LogP contribution in [-0.4, -0.2) is 33.9 Å². The Balaban J connectivity index is 2.10. The molecule has 0 amide bonds. The van der Waals surface area contributed by atoms with Crippen LogP contribution in [0.15, 0.2) is 12.4 Å². The van der Waals surface area contributed by atoms with Crippen LogP contribution >= 0.6 is 0 Å². The fourth-order valence-electron chi connectivity index (χ4n) is 1.73. The van der Waals surface area contributed by atoms with E-state index in [-0.39, 0.29) is 6.10 Å². The van der Waals surface area contributed by atoms with Crippen molar-refractivity contribution in [2.75, 3.05) is 13.1 Å². The predicted molar refractivity (Wildman–Crippen MR) is 65.2 cm³/mol. The van der Waals surface area contributed by atoms with Crippen molar-refractivity contribution >= 4 is 0 Å². The van der Waals surface area contributed by atoms with E-state index in [1.54, 1.807) is 0 Å². The topological polar surface area (TPSA) is 50.1 Å². The van der Waals surface area contributed by atoms with E-state index < -0.39 is 0 Å². The molecule has 1 aromatic heterocycles.